The summed E-state index contributed by atoms with van der Waals surface area (Å²) in [6.07, 6.45) is 0. The van der Waals surface area contributed by atoms with E-state index in [2.05, 4.69) is 0 Å². The molecule has 2 N–H and O–H groups in total. The fraction of sp³-hybridized carbons (Fsp3) is 0. The number of carboxylic acid groups (broad SMARTS) is 1. The molecule has 0 atom stereocenters. The summed E-state index contributed by atoms with van der Waals surface area (Å²) in [6, 6.07) is 9.89. The van der Waals surface area contributed by atoms with Crippen LogP contribution in [-0.4, -0.2) is 21.1 Å². The smallest absolute Gasteiger partial charge is 0.339 e. The lowest BCUT2D eigenvalue weighted by Gasteiger charge is -2.04. The van der Waals surface area contributed by atoms with Crippen LogP contribution in [0.2, 0.25) is 0 Å². The van der Waals surface area contributed by atoms with Crippen LogP contribution in [-0.2, 0) is 0 Å². The maximum absolute atomic E-state index is 10.8. The zero-order chi connectivity index (χ0) is 14.0. The molecule has 0 aliphatic heterocycles. The predicted octanol–water partition coefficient (Wildman–Crippen LogP) is 2.67. The van der Waals surface area contributed by atoms with Gasteiger partial charge in [0.2, 0.25) is 0 Å². The first kappa shape index (κ1) is 12.6. The van der Waals surface area contributed by atoms with E-state index in [0.29, 0.717) is 11.1 Å². The largest absolute Gasteiger partial charge is 0.507 e. The van der Waals surface area contributed by atoms with Gasteiger partial charge in [0.25, 0.3) is 5.69 Å². The Labute approximate surface area is 107 Å². The zero-order valence-electron chi connectivity index (χ0n) is 9.61. The Kier molecular flexibility index (Phi) is 3.15. The van der Waals surface area contributed by atoms with Crippen molar-refractivity contribution in [3.05, 3.63) is 58.1 Å². The van der Waals surface area contributed by atoms with Gasteiger partial charge in [0.1, 0.15) is 11.3 Å². The number of benzene rings is 2. The molecule has 0 saturated heterocycles. The summed E-state index contributed by atoms with van der Waals surface area (Å²) < 4.78 is 0. The van der Waals surface area contributed by atoms with Crippen LogP contribution >= 0.6 is 0 Å². The maximum Gasteiger partial charge on any atom is 0.339 e. The second kappa shape index (κ2) is 4.77. The van der Waals surface area contributed by atoms with Gasteiger partial charge in [0, 0.05) is 12.1 Å². The fourth-order valence-electron chi connectivity index (χ4n) is 1.69. The van der Waals surface area contributed by atoms with E-state index in [4.69, 9.17) is 5.11 Å². The second-order valence-electron chi connectivity index (χ2n) is 3.84. The molecule has 0 aliphatic carbocycles. The van der Waals surface area contributed by atoms with E-state index in [1.807, 2.05) is 0 Å². The van der Waals surface area contributed by atoms with E-state index >= 15 is 0 Å². The van der Waals surface area contributed by atoms with Crippen molar-refractivity contribution in [2.45, 2.75) is 0 Å². The number of nitro benzene ring substituents is 1. The zero-order valence-corrected chi connectivity index (χ0v) is 9.61. The van der Waals surface area contributed by atoms with Gasteiger partial charge in [0.05, 0.1) is 4.92 Å². The highest BCUT2D eigenvalue weighted by Gasteiger charge is 2.12. The van der Waals surface area contributed by atoms with Crippen molar-refractivity contribution in [1.82, 2.24) is 0 Å². The molecule has 6 nitrogen and oxygen atoms in total. The SMILES string of the molecule is O=C(O)c1ccc(-c2cccc([N+](=O)[O-])c2)cc1O. The number of aromatic carboxylic acids is 1. The number of hydrogen-bond acceptors (Lipinski definition) is 4. The summed E-state index contributed by atoms with van der Waals surface area (Å²) in [4.78, 5) is 20.9. The number of non-ortho nitro benzene ring substituents is 1. The molecule has 0 radical (unpaired) electrons. The van der Waals surface area contributed by atoms with Crippen molar-refractivity contribution in [2.75, 3.05) is 0 Å². The van der Waals surface area contributed by atoms with Gasteiger partial charge in [-0.3, -0.25) is 10.1 Å². The lowest BCUT2D eigenvalue weighted by Crippen LogP contribution is -1.96. The Morgan fingerprint density at radius 2 is 1.79 bits per heavy atom. The van der Waals surface area contributed by atoms with Crippen LogP contribution in [0, 0.1) is 10.1 Å². The predicted molar refractivity (Wildman–Crippen MR) is 67.2 cm³/mol. The molecule has 0 aliphatic rings. The van der Waals surface area contributed by atoms with Crippen molar-refractivity contribution < 1.29 is 19.9 Å². The minimum Gasteiger partial charge on any atom is -0.507 e. The molecule has 6 heteroatoms. The number of rotatable bonds is 3. The Morgan fingerprint density at radius 3 is 2.37 bits per heavy atom. The number of hydrogen-bond donors (Lipinski definition) is 2. The molecule has 0 fully saturated rings. The number of carbonyl (C=O) groups is 1. The standard InChI is InChI=1S/C13H9NO5/c15-12-7-9(4-5-11(12)13(16)17)8-2-1-3-10(6-8)14(18)19/h1-7,15H,(H,16,17). The molecule has 0 amide bonds. The highest BCUT2D eigenvalue weighted by atomic mass is 16.6. The van der Waals surface area contributed by atoms with E-state index < -0.39 is 10.9 Å². The summed E-state index contributed by atoms with van der Waals surface area (Å²) >= 11 is 0. The molecule has 2 aromatic rings. The molecule has 2 aromatic carbocycles. The normalized spacial score (nSPS) is 10.1. The number of phenols is 1. The lowest BCUT2D eigenvalue weighted by molar-refractivity contribution is -0.384. The summed E-state index contributed by atoms with van der Waals surface area (Å²) in [7, 11) is 0. The molecule has 0 unspecified atom stereocenters. The third-order valence-electron chi connectivity index (χ3n) is 2.62. The van der Waals surface area contributed by atoms with E-state index in [-0.39, 0.29) is 17.0 Å². The molecular formula is C13H9NO5. The highest BCUT2D eigenvalue weighted by molar-refractivity contribution is 5.91. The molecule has 0 spiro atoms. The fourth-order valence-corrected chi connectivity index (χ4v) is 1.69. The van der Waals surface area contributed by atoms with Crippen LogP contribution < -0.4 is 0 Å². The van der Waals surface area contributed by atoms with Crippen LogP contribution in [0.1, 0.15) is 10.4 Å². The van der Waals surface area contributed by atoms with E-state index in [1.165, 1.54) is 36.4 Å². The van der Waals surface area contributed by atoms with Crippen molar-refractivity contribution in [2.24, 2.45) is 0 Å². The van der Waals surface area contributed by atoms with Gasteiger partial charge in [0.15, 0.2) is 0 Å². The average molecular weight is 259 g/mol. The Hall–Kier alpha value is -2.89. The number of nitrogens with zero attached hydrogens (tertiary/aromatic N) is 1. The molecule has 0 saturated carbocycles. The molecule has 96 valence electrons. The van der Waals surface area contributed by atoms with Gasteiger partial charge in [-0.15, -0.1) is 0 Å². The summed E-state index contributed by atoms with van der Waals surface area (Å²) in [5, 5.41) is 29.1. The molecule has 0 aromatic heterocycles. The molecule has 2 rings (SSSR count). The number of aromatic hydroxyl groups is 1. The molecule has 0 heterocycles. The monoisotopic (exact) mass is 259 g/mol. The lowest BCUT2D eigenvalue weighted by atomic mass is 10.0. The second-order valence-corrected chi connectivity index (χ2v) is 3.84. The van der Waals surface area contributed by atoms with Gasteiger partial charge in [-0.25, -0.2) is 4.79 Å². The first-order valence-corrected chi connectivity index (χ1v) is 5.30. The van der Waals surface area contributed by atoms with Gasteiger partial charge in [-0.2, -0.15) is 0 Å². The Bertz CT molecular complexity index is 666. The van der Waals surface area contributed by atoms with Crippen molar-refractivity contribution >= 4 is 11.7 Å². The van der Waals surface area contributed by atoms with E-state index in [9.17, 15) is 20.0 Å². The van der Waals surface area contributed by atoms with Crippen molar-refractivity contribution in [3.8, 4) is 16.9 Å². The molecule has 19 heavy (non-hydrogen) atoms. The minimum atomic E-state index is -1.23. The van der Waals surface area contributed by atoms with Crippen molar-refractivity contribution in [1.29, 1.82) is 0 Å². The first-order chi connectivity index (χ1) is 8.99. The van der Waals surface area contributed by atoms with Crippen LogP contribution in [0.15, 0.2) is 42.5 Å². The highest BCUT2D eigenvalue weighted by Crippen LogP contribution is 2.28. The Balaban J connectivity index is 2.48. The van der Waals surface area contributed by atoms with Crippen LogP contribution in [0.3, 0.4) is 0 Å². The summed E-state index contributed by atoms with van der Waals surface area (Å²) in [6.45, 7) is 0. The van der Waals surface area contributed by atoms with E-state index in [0.717, 1.165) is 0 Å². The molecular weight excluding hydrogens is 250 g/mol. The third-order valence-corrected chi connectivity index (χ3v) is 2.62. The molecule has 0 bridgehead atoms. The maximum atomic E-state index is 10.8. The topological polar surface area (TPSA) is 101 Å². The summed E-state index contributed by atoms with van der Waals surface area (Å²) in [5.74, 6) is -1.61. The Morgan fingerprint density at radius 1 is 1.11 bits per heavy atom. The van der Waals surface area contributed by atoms with Crippen molar-refractivity contribution in [3.63, 3.8) is 0 Å². The number of carboxylic acids is 1. The van der Waals surface area contributed by atoms with E-state index in [1.54, 1.807) is 6.07 Å². The third kappa shape index (κ3) is 2.52. The van der Waals surface area contributed by atoms with Gasteiger partial charge < -0.3 is 10.2 Å². The number of nitro groups is 1. The minimum absolute atomic E-state index is 0.0701. The van der Waals surface area contributed by atoms with Crippen LogP contribution in [0.4, 0.5) is 5.69 Å². The van der Waals surface area contributed by atoms with Gasteiger partial charge in [-0.1, -0.05) is 18.2 Å². The van der Waals surface area contributed by atoms with Gasteiger partial charge >= 0.3 is 5.97 Å². The first-order valence-electron chi connectivity index (χ1n) is 5.30. The van der Waals surface area contributed by atoms with Gasteiger partial charge in [-0.05, 0) is 23.3 Å². The quantitative estimate of drug-likeness (QED) is 0.651. The van der Waals surface area contributed by atoms with Crippen LogP contribution in [0.5, 0.6) is 5.75 Å². The summed E-state index contributed by atoms with van der Waals surface area (Å²) in [5.41, 5.74) is 0.751. The average Bonchev–Trinajstić information content (AvgIpc) is 2.38. The van der Waals surface area contributed by atoms with Crippen LogP contribution in [0.25, 0.3) is 11.1 Å².